The van der Waals surface area contributed by atoms with Gasteiger partial charge in [0.05, 0.1) is 22.2 Å². The fourth-order valence-corrected chi connectivity index (χ4v) is 7.82. The van der Waals surface area contributed by atoms with Gasteiger partial charge in [-0.05, 0) is 99.2 Å². The van der Waals surface area contributed by atoms with Gasteiger partial charge in [-0.25, -0.2) is 19.9 Å². The van der Waals surface area contributed by atoms with Crippen LogP contribution < -0.4 is 20.9 Å². The predicted molar refractivity (Wildman–Crippen MR) is 220 cm³/mol. The molecule has 0 spiro atoms. The van der Waals surface area contributed by atoms with Gasteiger partial charge in [0.25, 0.3) is 0 Å². The van der Waals surface area contributed by atoms with E-state index in [9.17, 15) is 15.0 Å². The number of hydrogen-bond acceptors (Lipinski definition) is 11. The lowest BCUT2D eigenvalue weighted by Crippen LogP contribution is -2.42. The number of rotatable bonds is 6. The van der Waals surface area contributed by atoms with E-state index in [2.05, 4.69) is 50.4 Å². The Morgan fingerprint density at radius 2 is 1.21 bits per heavy atom. The Morgan fingerprint density at radius 3 is 1.73 bits per heavy atom. The molecule has 3 fully saturated rings. The zero-order chi connectivity index (χ0) is 38.8. The zero-order valence-electron chi connectivity index (χ0n) is 31.9. The average molecular weight is 753 g/mol. The fourth-order valence-electron chi connectivity index (χ4n) is 7.82. The van der Waals surface area contributed by atoms with Crippen LogP contribution >= 0.6 is 0 Å². The molecule has 2 atom stereocenters. The number of benzene rings is 4. The Bertz CT molecular complexity index is 2380. The van der Waals surface area contributed by atoms with Crippen LogP contribution in [-0.4, -0.2) is 87.5 Å². The number of nitrogens with two attached hydrogens (primary N) is 1. The molecule has 3 aliphatic rings. The molecule has 0 radical (unpaired) electrons. The summed E-state index contributed by atoms with van der Waals surface area (Å²) in [6.07, 6.45) is 3.42. The van der Waals surface area contributed by atoms with Gasteiger partial charge in [0.15, 0.2) is 11.6 Å². The summed E-state index contributed by atoms with van der Waals surface area (Å²) in [5.41, 5.74) is 11.3. The number of phenols is 2. The summed E-state index contributed by atoms with van der Waals surface area (Å²) in [5.74, 6) is 3.32. The standard InChI is InChI=1S/C25H28N4O3.C19H20N4O/c1-16-6-7-19-21(14-16)27-23(20-4-2-3-5-22(20)30)28-24(19)29-11-8-18(15-29)26-25(31)17-9-12-32-13-10-17;1-12-6-7-14-16(10-12)21-18(15-4-2-3-5-17(15)24)22-19(14)23-9-8-13(20)11-23/h2-7,14,17-18,30H,8-13,15H2,1H3,(H,26,31);2-7,10,13,24H,8-9,11,20H2,1H3/t18-;13-/m11/s1. The van der Waals surface area contributed by atoms with Crippen molar-refractivity contribution in [2.75, 3.05) is 49.2 Å². The molecule has 0 unspecified atom stereocenters. The molecule has 3 saturated heterocycles. The summed E-state index contributed by atoms with van der Waals surface area (Å²) in [4.78, 5) is 36.2. The van der Waals surface area contributed by atoms with Crippen LogP contribution in [0.15, 0.2) is 84.9 Å². The van der Waals surface area contributed by atoms with Crippen LogP contribution in [0.5, 0.6) is 11.5 Å². The van der Waals surface area contributed by atoms with Gasteiger partial charge in [-0.15, -0.1) is 0 Å². The van der Waals surface area contributed by atoms with E-state index < -0.39 is 0 Å². The number of fused-ring (bicyclic) bond motifs is 2. The van der Waals surface area contributed by atoms with Gasteiger partial charge in [0, 0.05) is 68.2 Å². The van der Waals surface area contributed by atoms with E-state index in [0.29, 0.717) is 42.5 Å². The van der Waals surface area contributed by atoms with Crippen LogP contribution in [0.3, 0.4) is 0 Å². The van der Waals surface area contributed by atoms with Crippen molar-refractivity contribution in [3.05, 3.63) is 96.1 Å². The number of nitrogens with zero attached hydrogens (tertiary/aromatic N) is 6. The molecule has 2 aromatic heterocycles. The molecule has 9 rings (SSSR count). The molecule has 0 bridgehead atoms. The molecule has 12 nitrogen and oxygen atoms in total. The van der Waals surface area contributed by atoms with E-state index in [1.807, 2.05) is 44.2 Å². The van der Waals surface area contributed by atoms with Crippen LogP contribution in [0, 0.1) is 19.8 Å². The van der Waals surface area contributed by atoms with Crippen molar-refractivity contribution in [1.82, 2.24) is 25.3 Å². The average Bonchev–Trinajstić information content (AvgIpc) is 3.86. The number of carbonyl (C=O) groups is 1. The normalized spacial score (nSPS) is 18.6. The lowest BCUT2D eigenvalue weighted by Gasteiger charge is -2.24. The third-order valence-electron chi connectivity index (χ3n) is 10.9. The summed E-state index contributed by atoms with van der Waals surface area (Å²) in [6.45, 7) is 8.60. The van der Waals surface area contributed by atoms with Crippen LogP contribution in [0.1, 0.15) is 36.8 Å². The molecule has 5 N–H and O–H groups in total. The van der Waals surface area contributed by atoms with E-state index in [0.717, 1.165) is 89.9 Å². The predicted octanol–water partition coefficient (Wildman–Crippen LogP) is 6.28. The van der Waals surface area contributed by atoms with Crippen LogP contribution in [-0.2, 0) is 9.53 Å². The van der Waals surface area contributed by atoms with Gasteiger partial charge < -0.3 is 35.8 Å². The smallest absolute Gasteiger partial charge is 0.223 e. The summed E-state index contributed by atoms with van der Waals surface area (Å²) >= 11 is 0. The summed E-state index contributed by atoms with van der Waals surface area (Å²) in [6, 6.07) is 26.9. The topological polar surface area (TPSA) is 163 Å². The zero-order valence-corrected chi connectivity index (χ0v) is 31.9. The maximum atomic E-state index is 12.7. The molecule has 288 valence electrons. The third kappa shape index (κ3) is 7.93. The number of nitrogens with one attached hydrogen (secondary N) is 1. The Balaban J connectivity index is 0.000000164. The summed E-state index contributed by atoms with van der Waals surface area (Å²) in [5, 5.41) is 25.8. The number of hydrogen-bond donors (Lipinski definition) is 4. The van der Waals surface area contributed by atoms with Gasteiger partial charge in [0.1, 0.15) is 23.1 Å². The van der Waals surface area contributed by atoms with E-state index in [1.165, 1.54) is 0 Å². The number of para-hydroxylation sites is 2. The molecular weight excluding hydrogens is 705 g/mol. The number of phenolic OH excluding ortho intramolecular Hbond substituents is 2. The first-order chi connectivity index (χ1) is 27.2. The largest absolute Gasteiger partial charge is 0.507 e. The van der Waals surface area contributed by atoms with Gasteiger partial charge in [0.2, 0.25) is 5.91 Å². The molecule has 5 heterocycles. The summed E-state index contributed by atoms with van der Waals surface area (Å²) in [7, 11) is 0. The third-order valence-corrected chi connectivity index (χ3v) is 10.9. The van der Waals surface area contributed by atoms with Crippen molar-refractivity contribution < 1.29 is 19.7 Å². The fraction of sp³-hybridized carbons (Fsp3) is 0.341. The van der Waals surface area contributed by atoms with Crippen molar-refractivity contribution in [2.45, 2.75) is 51.6 Å². The van der Waals surface area contributed by atoms with Crippen molar-refractivity contribution >= 4 is 39.3 Å². The van der Waals surface area contributed by atoms with Gasteiger partial charge in [-0.3, -0.25) is 4.79 Å². The molecule has 3 aliphatic heterocycles. The van der Waals surface area contributed by atoms with Crippen molar-refractivity contribution in [1.29, 1.82) is 0 Å². The lowest BCUT2D eigenvalue weighted by atomic mass is 9.99. The van der Waals surface area contributed by atoms with Gasteiger partial charge >= 0.3 is 0 Å². The number of aryl methyl sites for hydroxylation is 2. The second-order valence-electron chi connectivity index (χ2n) is 15.1. The molecule has 6 aromatic rings. The van der Waals surface area contributed by atoms with Crippen molar-refractivity contribution in [3.8, 4) is 34.3 Å². The number of anilines is 2. The second-order valence-corrected chi connectivity index (χ2v) is 15.1. The molecule has 12 heteroatoms. The van der Waals surface area contributed by atoms with Crippen LogP contribution in [0.2, 0.25) is 0 Å². The molecule has 1 amide bonds. The number of aromatic nitrogens is 4. The number of ether oxygens (including phenoxy) is 1. The van der Waals surface area contributed by atoms with Crippen LogP contribution in [0.25, 0.3) is 44.6 Å². The van der Waals surface area contributed by atoms with Crippen molar-refractivity contribution in [2.24, 2.45) is 11.7 Å². The SMILES string of the molecule is Cc1ccc2c(N3CC[C@@H](N)C3)nc(-c3ccccc3O)nc2c1.Cc1ccc2c(N3CC[C@@H](NC(=O)C4CCOCC4)C3)nc(-c3ccccc3O)nc2c1. The monoisotopic (exact) mass is 752 g/mol. The first-order valence-electron chi connectivity index (χ1n) is 19.5. The molecule has 0 saturated carbocycles. The van der Waals surface area contributed by atoms with E-state index in [4.69, 9.17) is 25.4 Å². The first kappa shape index (κ1) is 37.1. The maximum Gasteiger partial charge on any atom is 0.223 e. The molecule has 56 heavy (non-hydrogen) atoms. The molecule has 4 aromatic carbocycles. The summed E-state index contributed by atoms with van der Waals surface area (Å²) < 4.78 is 5.38. The maximum absolute atomic E-state index is 12.7. The quantitative estimate of drug-likeness (QED) is 0.152. The second kappa shape index (κ2) is 16.1. The van der Waals surface area contributed by atoms with Crippen molar-refractivity contribution in [3.63, 3.8) is 0 Å². The Hall–Kier alpha value is -5.85. The first-order valence-corrected chi connectivity index (χ1v) is 19.5. The van der Waals surface area contributed by atoms with E-state index >= 15 is 0 Å². The highest BCUT2D eigenvalue weighted by Gasteiger charge is 2.30. The molecular formula is C44H48N8O4. The number of carbonyl (C=O) groups excluding carboxylic acids is 1. The number of amides is 1. The number of aromatic hydroxyl groups is 2. The Labute approximate surface area is 326 Å². The Morgan fingerprint density at radius 1 is 0.696 bits per heavy atom. The highest BCUT2D eigenvalue weighted by atomic mass is 16.5. The minimum Gasteiger partial charge on any atom is -0.507 e. The lowest BCUT2D eigenvalue weighted by molar-refractivity contribution is -0.128. The Kier molecular flexibility index (Phi) is 10.7. The van der Waals surface area contributed by atoms with E-state index in [1.54, 1.807) is 24.3 Å². The molecule has 0 aliphatic carbocycles. The highest BCUT2D eigenvalue weighted by molar-refractivity contribution is 5.93. The highest BCUT2D eigenvalue weighted by Crippen LogP contribution is 2.35. The van der Waals surface area contributed by atoms with Crippen LogP contribution in [0.4, 0.5) is 11.6 Å². The van der Waals surface area contributed by atoms with Gasteiger partial charge in [-0.2, -0.15) is 0 Å². The van der Waals surface area contributed by atoms with Gasteiger partial charge in [-0.1, -0.05) is 36.4 Å². The minimum atomic E-state index is 0.0494. The van der Waals surface area contributed by atoms with E-state index in [-0.39, 0.29) is 35.4 Å². The minimum absolute atomic E-state index is 0.0494.